The first kappa shape index (κ1) is 15.5. The van der Waals surface area contributed by atoms with Crippen molar-refractivity contribution in [1.29, 1.82) is 0 Å². The van der Waals surface area contributed by atoms with E-state index in [0.29, 0.717) is 18.5 Å². The Labute approximate surface area is 142 Å². The molecule has 0 saturated carbocycles. The molecule has 0 unspecified atom stereocenters. The molecule has 1 aliphatic carbocycles. The maximum Gasteiger partial charge on any atom is 0.307 e. The van der Waals surface area contributed by atoms with Crippen molar-refractivity contribution in [1.82, 2.24) is 9.88 Å². The minimum atomic E-state index is -0.659. The van der Waals surface area contributed by atoms with Crippen molar-refractivity contribution in [3.63, 3.8) is 0 Å². The Kier molecular flexibility index (Phi) is 3.72. The number of H-pyrrole nitrogens is 1. The molecular weight excluding hydrogens is 300 g/mol. The van der Waals surface area contributed by atoms with Crippen LogP contribution < -0.4 is 0 Å². The van der Waals surface area contributed by atoms with E-state index in [9.17, 15) is 9.90 Å². The molecule has 1 aliphatic heterocycles. The van der Waals surface area contributed by atoms with E-state index in [-0.39, 0.29) is 5.92 Å². The highest BCUT2D eigenvalue weighted by Crippen LogP contribution is 2.45. The van der Waals surface area contributed by atoms with Crippen LogP contribution in [0.15, 0.2) is 24.8 Å². The first-order valence-corrected chi connectivity index (χ1v) is 8.86. The molecule has 3 atom stereocenters. The van der Waals surface area contributed by atoms with Gasteiger partial charge in [-0.05, 0) is 49.1 Å². The Balaban J connectivity index is 1.85. The molecule has 4 rings (SSSR count). The van der Waals surface area contributed by atoms with Crippen LogP contribution in [0.1, 0.15) is 42.5 Å². The molecule has 0 bridgehead atoms. The van der Waals surface area contributed by atoms with Gasteiger partial charge in [-0.15, -0.1) is 0 Å². The van der Waals surface area contributed by atoms with Crippen LogP contribution >= 0.6 is 0 Å². The van der Waals surface area contributed by atoms with Gasteiger partial charge >= 0.3 is 5.97 Å². The number of carboxylic acids is 1. The van der Waals surface area contributed by atoms with Crippen molar-refractivity contribution in [3.05, 3.63) is 41.6 Å². The molecule has 2 aliphatic rings. The summed E-state index contributed by atoms with van der Waals surface area (Å²) < 4.78 is 0. The van der Waals surface area contributed by atoms with Crippen LogP contribution in [-0.4, -0.2) is 40.1 Å². The number of hydrogen-bond acceptors (Lipinski definition) is 2. The van der Waals surface area contributed by atoms with Crippen molar-refractivity contribution in [3.8, 4) is 0 Å². The van der Waals surface area contributed by atoms with Gasteiger partial charge in [-0.3, -0.25) is 9.69 Å². The lowest BCUT2D eigenvalue weighted by molar-refractivity contribution is -0.144. The molecule has 4 heteroatoms. The zero-order valence-corrected chi connectivity index (χ0v) is 14.1. The van der Waals surface area contributed by atoms with Crippen LogP contribution in [-0.2, 0) is 11.2 Å². The summed E-state index contributed by atoms with van der Waals surface area (Å²) in [6.45, 7) is 7.76. The van der Waals surface area contributed by atoms with Gasteiger partial charge in [0, 0.05) is 35.1 Å². The van der Waals surface area contributed by atoms with E-state index < -0.39 is 5.97 Å². The van der Waals surface area contributed by atoms with E-state index in [0.717, 1.165) is 37.0 Å². The van der Waals surface area contributed by atoms with E-state index in [2.05, 4.69) is 41.6 Å². The summed E-state index contributed by atoms with van der Waals surface area (Å²) >= 11 is 0. The molecule has 4 nitrogen and oxygen atoms in total. The predicted molar refractivity (Wildman–Crippen MR) is 96.2 cm³/mol. The highest BCUT2D eigenvalue weighted by atomic mass is 16.4. The van der Waals surface area contributed by atoms with E-state index in [1.165, 1.54) is 16.5 Å². The summed E-state index contributed by atoms with van der Waals surface area (Å²) in [6.07, 6.45) is 4.68. The number of piperidine rings is 1. The first-order chi connectivity index (χ1) is 11.6. The molecule has 0 amide bonds. The molecule has 2 heterocycles. The SMILES string of the molecule is C=Cc1[nH]c2cccc3c2c1C[C@@H]1[C@@H]3C[C@@H](C(=O)O)CN1CCC. The van der Waals surface area contributed by atoms with Crippen LogP contribution in [0.3, 0.4) is 0 Å². The van der Waals surface area contributed by atoms with Gasteiger partial charge in [0.25, 0.3) is 0 Å². The average molecular weight is 324 g/mol. The number of nitrogens with zero attached hydrogens (tertiary/aromatic N) is 1. The number of rotatable bonds is 4. The van der Waals surface area contributed by atoms with Gasteiger partial charge in [0.05, 0.1) is 5.92 Å². The third-order valence-corrected chi connectivity index (χ3v) is 5.80. The number of nitrogens with one attached hydrogen (secondary N) is 1. The average Bonchev–Trinajstić information content (AvgIpc) is 2.95. The van der Waals surface area contributed by atoms with Gasteiger partial charge in [0.1, 0.15) is 0 Å². The molecular formula is C20H24N2O2. The second-order valence-corrected chi connectivity index (χ2v) is 7.13. The first-order valence-electron chi connectivity index (χ1n) is 8.86. The highest BCUT2D eigenvalue weighted by Gasteiger charge is 2.42. The third kappa shape index (κ3) is 2.20. The lowest BCUT2D eigenvalue weighted by Crippen LogP contribution is -2.51. The minimum Gasteiger partial charge on any atom is -0.481 e. The molecule has 126 valence electrons. The molecule has 1 aromatic carbocycles. The van der Waals surface area contributed by atoms with Gasteiger partial charge in [0.2, 0.25) is 0 Å². The van der Waals surface area contributed by atoms with Crippen LogP contribution in [0, 0.1) is 5.92 Å². The van der Waals surface area contributed by atoms with Crippen molar-refractivity contribution >= 4 is 22.9 Å². The van der Waals surface area contributed by atoms with Crippen LogP contribution in [0.2, 0.25) is 0 Å². The number of fused-ring (bicyclic) bond motifs is 2. The van der Waals surface area contributed by atoms with Gasteiger partial charge in [-0.1, -0.05) is 25.6 Å². The summed E-state index contributed by atoms with van der Waals surface area (Å²) in [5, 5.41) is 10.9. The van der Waals surface area contributed by atoms with Gasteiger partial charge < -0.3 is 10.1 Å². The lowest BCUT2D eigenvalue weighted by atomic mass is 9.72. The second kappa shape index (κ2) is 5.78. The summed E-state index contributed by atoms with van der Waals surface area (Å²) in [5.41, 5.74) is 4.94. The number of likely N-dealkylation sites (tertiary alicyclic amines) is 1. The fourth-order valence-corrected chi connectivity index (χ4v) is 4.81. The fraction of sp³-hybridized carbons (Fsp3) is 0.450. The number of hydrogen-bond donors (Lipinski definition) is 2. The zero-order valence-electron chi connectivity index (χ0n) is 14.1. The molecule has 2 N–H and O–H groups in total. The number of aliphatic carboxylic acids is 1. The number of benzene rings is 1. The number of aromatic amines is 1. The van der Waals surface area contributed by atoms with Crippen molar-refractivity contribution < 1.29 is 9.90 Å². The highest BCUT2D eigenvalue weighted by molar-refractivity contribution is 5.91. The van der Waals surface area contributed by atoms with E-state index in [1.54, 1.807) is 0 Å². The van der Waals surface area contributed by atoms with Crippen LogP contribution in [0.25, 0.3) is 17.0 Å². The lowest BCUT2D eigenvalue weighted by Gasteiger charge is -2.46. The zero-order chi connectivity index (χ0) is 16.8. The van der Waals surface area contributed by atoms with Gasteiger partial charge in [0.15, 0.2) is 0 Å². The van der Waals surface area contributed by atoms with Crippen LogP contribution in [0.5, 0.6) is 0 Å². The Bertz CT molecular complexity index is 807. The molecule has 1 fully saturated rings. The summed E-state index contributed by atoms with van der Waals surface area (Å²) in [4.78, 5) is 17.6. The standard InChI is InChI=1S/C20H24N2O2/c1-3-8-22-11-12(20(23)24)9-14-13-6-5-7-17-19(13)15(10-18(14)22)16(4-2)21-17/h4-7,12,14,18,21H,2-3,8-11H2,1H3,(H,23,24)/t12-,14-,18-/m1/s1. The number of carbonyl (C=O) groups is 1. The molecule has 0 spiro atoms. The smallest absolute Gasteiger partial charge is 0.307 e. The predicted octanol–water partition coefficient (Wildman–Crippen LogP) is 3.64. The van der Waals surface area contributed by atoms with Crippen LogP contribution in [0.4, 0.5) is 0 Å². The van der Waals surface area contributed by atoms with Crippen molar-refractivity contribution in [2.75, 3.05) is 13.1 Å². The van der Waals surface area contributed by atoms with Gasteiger partial charge in [-0.25, -0.2) is 0 Å². The topological polar surface area (TPSA) is 56.3 Å². The van der Waals surface area contributed by atoms with Gasteiger partial charge in [-0.2, -0.15) is 0 Å². The minimum absolute atomic E-state index is 0.271. The summed E-state index contributed by atoms with van der Waals surface area (Å²) in [7, 11) is 0. The number of aromatic nitrogens is 1. The molecule has 2 aromatic rings. The Morgan fingerprint density at radius 3 is 3.04 bits per heavy atom. The Hall–Kier alpha value is -2.07. The monoisotopic (exact) mass is 324 g/mol. The quantitative estimate of drug-likeness (QED) is 0.903. The molecule has 1 aromatic heterocycles. The summed E-state index contributed by atoms with van der Waals surface area (Å²) in [6, 6.07) is 6.78. The molecule has 24 heavy (non-hydrogen) atoms. The number of carboxylic acid groups (broad SMARTS) is 1. The second-order valence-electron chi connectivity index (χ2n) is 7.13. The fourth-order valence-electron chi connectivity index (χ4n) is 4.81. The van der Waals surface area contributed by atoms with Crippen molar-refractivity contribution in [2.45, 2.75) is 38.1 Å². The molecule has 1 saturated heterocycles. The maximum absolute atomic E-state index is 11.7. The normalized spacial score (nSPS) is 26.3. The Morgan fingerprint density at radius 1 is 1.50 bits per heavy atom. The third-order valence-electron chi connectivity index (χ3n) is 5.80. The largest absolute Gasteiger partial charge is 0.481 e. The van der Waals surface area contributed by atoms with E-state index >= 15 is 0 Å². The van der Waals surface area contributed by atoms with E-state index in [4.69, 9.17) is 0 Å². The van der Waals surface area contributed by atoms with Crippen molar-refractivity contribution in [2.24, 2.45) is 5.92 Å². The Morgan fingerprint density at radius 2 is 2.33 bits per heavy atom. The molecule has 0 radical (unpaired) electrons. The van der Waals surface area contributed by atoms with E-state index in [1.807, 2.05) is 6.08 Å². The maximum atomic E-state index is 11.7. The summed E-state index contributed by atoms with van der Waals surface area (Å²) in [5.74, 6) is -0.628.